The number of hydrogen-bond acceptors (Lipinski definition) is 1. The van der Waals surface area contributed by atoms with Gasteiger partial charge < -0.3 is 9.80 Å². The molecule has 0 saturated carbocycles. The number of fused-ring (bicyclic) bond motifs is 1. The van der Waals surface area contributed by atoms with Crippen molar-refractivity contribution < 1.29 is 4.90 Å². The summed E-state index contributed by atoms with van der Waals surface area (Å²) in [5.41, 5.74) is 5.72. The molecule has 3 heteroatoms. The fraction of sp³-hybridized carbons (Fsp3) is 0.263. The summed E-state index contributed by atoms with van der Waals surface area (Å²) in [4.78, 5) is 4.10. The maximum atomic E-state index is 5.97. The number of nitrogens with zero attached hydrogens (tertiary/aromatic N) is 1. The summed E-state index contributed by atoms with van der Waals surface area (Å²) in [6, 6.07) is 17.0. The maximum absolute atomic E-state index is 5.97. The third kappa shape index (κ3) is 2.65. The van der Waals surface area contributed by atoms with Crippen molar-refractivity contribution in [1.82, 2.24) is 0 Å². The number of quaternary nitrogens is 1. The standard InChI is InChI=1S/C19H19ClN2/c20-17-5-7-18(8-6-17)21-9-11-22(12-10-21)19-13-15-3-1-2-4-16(15)14-19/h1-8,13H,9-12,14H2/p+1. The van der Waals surface area contributed by atoms with Crippen LogP contribution in [0.3, 0.4) is 0 Å². The Labute approximate surface area is 136 Å². The predicted molar refractivity (Wildman–Crippen MR) is 92.5 cm³/mol. The van der Waals surface area contributed by atoms with Crippen LogP contribution >= 0.6 is 11.6 Å². The topological polar surface area (TPSA) is 7.68 Å². The molecule has 2 aromatic carbocycles. The van der Waals surface area contributed by atoms with Gasteiger partial charge in [-0.15, -0.1) is 0 Å². The highest BCUT2D eigenvalue weighted by atomic mass is 35.5. The van der Waals surface area contributed by atoms with Crippen molar-refractivity contribution in [3.63, 3.8) is 0 Å². The van der Waals surface area contributed by atoms with Gasteiger partial charge in [0.05, 0.1) is 26.2 Å². The lowest BCUT2D eigenvalue weighted by molar-refractivity contribution is -0.861. The van der Waals surface area contributed by atoms with Crippen molar-refractivity contribution in [3.05, 3.63) is 70.4 Å². The van der Waals surface area contributed by atoms with Crippen LogP contribution in [0.2, 0.25) is 5.02 Å². The molecule has 0 amide bonds. The quantitative estimate of drug-likeness (QED) is 0.896. The molecule has 1 fully saturated rings. The highest BCUT2D eigenvalue weighted by Crippen LogP contribution is 2.22. The van der Waals surface area contributed by atoms with Crippen molar-refractivity contribution >= 4 is 23.4 Å². The minimum Gasteiger partial charge on any atom is -0.360 e. The third-order valence-corrected chi connectivity index (χ3v) is 5.03. The van der Waals surface area contributed by atoms with Crippen LogP contribution < -0.4 is 9.80 Å². The molecule has 0 atom stereocenters. The second kappa shape index (κ2) is 5.79. The zero-order valence-electron chi connectivity index (χ0n) is 12.6. The molecule has 0 aromatic heterocycles. The third-order valence-electron chi connectivity index (χ3n) is 4.78. The summed E-state index contributed by atoms with van der Waals surface area (Å²) in [6.07, 6.45) is 3.51. The van der Waals surface area contributed by atoms with Gasteiger partial charge in [0, 0.05) is 23.2 Å². The van der Waals surface area contributed by atoms with E-state index in [2.05, 4.69) is 47.4 Å². The average molecular weight is 312 g/mol. The Morgan fingerprint density at radius 2 is 1.64 bits per heavy atom. The van der Waals surface area contributed by atoms with Crippen molar-refractivity contribution in [2.75, 3.05) is 31.1 Å². The summed E-state index contributed by atoms with van der Waals surface area (Å²) in [6.45, 7) is 4.54. The van der Waals surface area contributed by atoms with Gasteiger partial charge in [-0.1, -0.05) is 35.9 Å². The Bertz CT molecular complexity index is 698. The lowest BCUT2D eigenvalue weighted by Gasteiger charge is -2.34. The van der Waals surface area contributed by atoms with Crippen molar-refractivity contribution in [3.8, 4) is 0 Å². The first-order valence-electron chi connectivity index (χ1n) is 7.94. The molecule has 2 nitrogen and oxygen atoms in total. The SMILES string of the molecule is Clc1ccc(N2CC[NH+](C3=Cc4ccccc4C3)CC2)cc1. The number of benzene rings is 2. The van der Waals surface area contributed by atoms with Gasteiger partial charge >= 0.3 is 0 Å². The molecule has 1 aliphatic heterocycles. The highest BCUT2D eigenvalue weighted by molar-refractivity contribution is 6.30. The van der Waals surface area contributed by atoms with Crippen LogP contribution in [-0.4, -0.2) is 26.2 Å². The fourth-order valence-corrected chi connectivity index (χ4v) is 3.64. The van der Waals surface area contributed by atoms with E-state index < -0.39 is 0 Å². The number of halogens is 1. The van der Waals surface area contributed by atoms with Crippen molar-refractivity contribution in [2.24, 2.45) is 0 Å². The van der Waals surface area contributed by atoms with Gasteiger partial charge in [0.15, 0.2) is 0 Å². The minimum absolute atomic E-state index is 0.807. The molecule has 1 aliphatic carbocycles. The van der Waals surface area contributed by atoms with E-state index >= 15 is 0 Å². The van der Waals surface area contributed by atoms with E-state index in [1.54, 1.807) is 10.6 Å². The first-order valence-corrected chi connectivity index (χ1v) is 8.31. The van der Waals surface area contributed by atoms with Crippen LogP contribution in [0.5, 0.6) is 0 Å². The number of piperazine rings is 1. The molecule has 1 heterocycles. The lowest BCUT2D eigenvalue weighted by atomic mass is 10.1. The van der Waals surface area contributed by atoms with Crippen LogP contribution in [0.15, 0.2) is 54.2 Å². The molecule has 1 N–H and O–H groups in total. The molecule has 4 rings (SSSR count). The van der Waals surface area contributed by atoms with Gasteiger partial charge in [-0.2, -0.15) is 0 Å². The fourth-order valence-electron chi connectivity index (χ4n) is 3.51. The van der Waals surface area contributed by atoms with Crippen molar-refractivity contribution in [1.29, 1.82) is 0 Å². The molecule has 0 radical (unpaired) electrons. The van der Waals surface area contributed by atoms with E-state index in [9.17, 15) is 0 Å². The Morgan fingerprint density at radius 3 is 2.36 bits per heavy atom. The van der Waals surface area contributed by atoms with Gasteiger partial charge in [-0.3, -0.25) is 0 Å². The van der Waals surface area contributed by atoms with Crippen LogP contribution in [0.25, 0.3) is 6.08 Å². The molecule has 2 aliphatic rings. The van der Waals surface area contributed by atoms with E-state index in [1.165, 1.54) is 29.9 Å². The Hall–Kier alpha value is -1.77. The smallest absolute Gasteiger partial charge is 0.112 e. The summed E-state index contributed by atoms with van der Waals surface area (Å²) in [7, 11) is 0. The molecule has 1 saturated heterocycles. The Kier molecular flexibility index (Phi) is 3.65. The van der Waals surface area contributed by atoms with Gasteiger partial charge in [-0.05, 0) is 35.4 Å². The minimum atomic E-state index is 0.807. The van der Waals surface area contributed by atoms with Crippen LogP contribution in [0.4, 0.5) is 5.69 Å². The van der Waals surface area contributed by atoms with Gasteiger partial charge in [0.25, 0.3) is 0 Å². The Morgan fingerprint density at radius 1 is 0.909 bits per heavy atom. The van der Waals surface area contributed by atoms with E-state index in [0.29, 0.717) is 0 Å². The molecule has 2 aromatic rings. The first kappa shape index (κ1) is 13.9. The number of anilines is 1. The highest BCUT2D eigenvalue weighted by Gasteiger charge is 2.26. The van der Waals surface area contributed by atoms with Crippen LogP contribution in [-0.2, 0) is 6.42 Å². The average Bonchev–Trinajstić information content (AvgIpc) is 3.00. The normalized spacial score (nSPS) is 18.2. The van der Waals surface area contributed by atoms with E-state index in [1.807, 2.05) is 12.1 Å². The molecule has 0 bridgehead atoms. The zero-order valence-corrected chi connectivity index (χ0v) is 13.3. The zero-order chi connectivity index (χ0) is 14.9. The molecular weight excluding hydrogens is 292 g/mol. The second-order valence-electron chi connectivity index (χ2n) is 6.11. The van der Waals surface area contributed by atoms with Crippen molar-refractivity contribution in [2.45, 2.75) is 6.42 Å². The van der Waals surface area contributed by atoms with Gasteiger partial charge in [0.2, 0.25) is 0 Å². The predicted octanol–water partition coefficient (Wildman–Crippen LogP) is 2.64. The first-order chi connectivity index (χ1) is 10.8. The summed E-state index contributed by atoms with van der Waals surface area (Å²) in [5.74, 6) is 0. The number of hydrogen-bond donors (Lipinski definition) is 1. The monoisotopic (exact) mass is 311 g/mol. The summed E-state index contributed by atoms with van der Waals surface area (Å²) in [5, 5.41) is 0.807. The van der Waals surface area contributed by atoms with Gasteiger partial charge in [0.1, 0.15) is 5.70 Å². The summed E-state index contributed by atoms with van der Waals surface area (Å²) >= 11 is 5.97. The number of rotatable bonds is 2. The van der Waals surface area contributed by atoms with Crippen LogP contribution in [0, 0.1) is 0 Å². The molecule has 0 unspecified atom stereocenters. The summed E-state index contributed by atoms with van der Waals surface area (Å²) < 4.78 is 0. The molecule has 0 spiro atoms. The molecule has 112 valence electrons. The molecule has 22 heavy (non-hydrogen) atoms. The lowest BCUT2D eigenvalue weighted by Crippen LogP contribution is -3.13. The molecular formula is C19H20ClN2+. The second-order valence-corrected chi connectivity index (χ2v) is 6.55. The van der Waals surface area contributed by atoms with E-state index in [-0.39, 0.29) is 0 Å². The Balaban J connectivity index is 1.42. The maximum Gasteiger partial charge on any atom is 0.112 e. The van der Waals surface area contributed by atoms with Crippen LogP contribution in [0.1, 0.15) is 11.1 Å². The number of allylic oxidation sites excluding steroid dienone is 1. The van der Waals surface area contributed by atoms with Gasteiger partial charge in [-0.25, -0.2) is 0 Å². The largest absolute Gasteiger partial charge is 0.360 e. The van der Waals surface area contributed by atoms with E-state index in [0.717, 1.165) is 24.5 Å². The number of nitrogens with one attached hydrogen (secondary N) is 1. The van der Waals surface area contributed by atoms with E-state index in [4.69, 9.17) is 11.6 Å².